The lowest BCUT2D eigenvalue weighted by Gasteiger charge is -2.23. The van der Waals surface area contributed by atoms with Crippen molar-refractivity contribution in [3.63, 3.8) is 0 Å². The third-order valence-electron chi connectivity index (χ3n) is 1.22. The number of rotatable bonds is 2. The number of hydrogen-bond donors (Lipinski definition) is 0. The van der Waals surface area contributed by atoms with Crippen LogP contribution in [0.1, 0.15) is 6.42 Å². The molecule has 0 aromatic heterocycles. The Morgan fingerprint density at radius 2 is 2.12 bits per heavy atom. The molecule has 1 saturated heterocycles. The highest BCUT2D eigenvalue weighted by atomic mass is 32.2. The summed E-state index contributed by atoms with van der Waals surface area (Å²) < 4.78 is 23.0. The van der Waals surface area contributed by atoms with Crippen molar-refractivity contribution in [2.75, 3.05) is 11.5 Å². The summed E-state index contributed by atoms with van der Waals surface area (Å²) >= 11 is 1.75. The second-order valence-electron chi connectivity index (χ2n) is 2.03. The first-order valence-electron chi connectivity index (χ1n) is 2.65. The highest BCUT2D eigenvalue weighted by Gasteiger charge is 2.21. The molecule has 1 heterocycles. The lowest BCUT2D eigenvalue weighted by atomic mass is 10.1. The molecule has 0 aromatic carbocycles. The fourth-order valence-electron chi connectivity index (χ4n) is 0.673. The molecule has 0 N–H and O–H groups in total. The van der Waals surface area contributed by atoms with E-state index < -0.39 is 6.43 Å². The van der Waals surface area contributed by atoms with Gasteiger partial charge in [-0.25, -0.2) is 8.78 Å². The number of hydrogen-bond acceptors (Lipinski definition) is 1. The zero-order chi connectivity index (χ0) is 5.98. The van der Waals surface area contributed by atoms with Gasteiger partial charge < -0.3 is 0 Å². The van der Waals surface area contributed by atoms with Crippen LogP contribution in [-0.2, 0) is 0 Å². The van der Waals surface area contributed by atoms with Crippen molar-refractivity contribution in [2.24, 2.45) is 5.92 Å². The van der Waals surface area contributed by atoms with Gasteiger partial charge in [-0.1, -0.05) is 0 Å². The summed E-state index contributed by atoms with van der Waals surface area (Å²) in [6.45, 7) is 0. The molecule has 0 saturated carbocycles. The van der Waals surface area contributed by atoms with Crippen molar-refractivity contribution in [2.45, 2.75) is 12.8 Å². The summed E-state index contributed by atoms with van der Waals surface area (Å²) in [5.74, 6) is 2.22. The maximum absolute atomic E-state index is 11.5. The van der Waals surface area contributed by atoms with E-state index in [2.05, 4.69) is 0 Å². The van der Waals surface area contributed by atoms with Crippen molar-refractivity contribution in [3.8, 4) is 0 Å². The molecule has 0 amide bonds. The molecule has 0 nitrogen and oxygen atoms in total. The molecule has 0 atom stereocenters. The van der Waals surface area contributed by atoms with Gasteiger partial charge in [0.05, 0.1) is 0 Å². The molecular weight excluding hydrogens is 130 g/mol. The molecular formula is C5H8F2S. The Morgan fingerprint density at radius 1 is 1.50 bits per heavy atom. The van der Waals surface area contributed by atoms with Gasteiger partial charge in [0.15, 0.2) is 0 Å². The first-order valence-corrected chi connectivity index (χ1v) is 3.80. The van der Waals surface area contributed by atoms with Gasteiger partial charge in [-0.2, -0.15) is 11.8 Å². The van der Waals surface area contributed by atoms with E-state index in [-0.39, 0.29) is 6.42 Å². The van der Waals surface area contributed by atoms with Crippen molar-refractivity contribution < 1.29 is 8.78 Å². The van der Waals surface area contributed by atoms with Crippen LogP contribution in [0.3, 0.4) is 0 Å². The molecule has 1 rings (SSSR count). The van der Waals surface area contributed by atoms with Gasteiger partial charge in [-0.3, -0.25) is 0 Å². The Hall–Kier alpha value is 0.210. The summed E-state index contributed by atoms with van der Waals surface area (Å²) in [5.41, 5.74) is 0. The SMILES string of the molecule is FC(F)CC1CSC1. The first-order chi connectivity index (χ1) is 3.79. The standard InChI is InChI=1S/C5H8F2S/c6-5(7)1-4-2-8-3-4/h4-5H,1-3H2. The average Bonchev–Trinajstić information content (AvgIpc) is 1.55. The summed E-state index contributed by atoms with van der Waals surface area (Å²) in [6.07, 6.45) is -1.96. The zero-order valence-electron chi connectivity index (χ0n) is 4.44. The number of halogens is 2. The van der Waals surface area contributed by atoms with Gasteiger partial charge >= 0.3 is 0 Å². The highest BCUT2D eigenvalue weighted by molar-refractivity contribution is 8.00. The largest absolute Gasteiger partial charge is 0.239 e. The second kappa shape index (κ2) is 2.67. The molecule has 1 fully saturated rings. The van der Waals surface area contributed by atoms with E-state index in [0.29, 0.717) is 5.92 Å². The van der Waals surface area contributed by atoms with Crippen molar-refractivity contribution in [1.82, 2.24) is 0 Å². The topological polar surface area (TPSA) is 0 Å². The minimum atomic E-state index is -2.08. The maximum atomic E-state index is 11.5. The third-order valence-corrected chi connectivity index (χ3v) is 2.63. The van der Waals surface area contributed by atoms with Crippen LogP contribution >= 0.6 is 11.8 Å². The average molecular weight is 138 g/mol. The number of thioether (sulfide) groups is 1. The van der Waals surface area contributed by atoms with Crippen LogP contribution in [0.25, 0.3) is 0 Å². The van der Waals surface area contributed by atoms with Crippen LogP contribution in [0.15, 0.2) is 0 Å². The molecule has 0 aromatic rings. The molecule has 0 spiro atoms. The van der Waals surface area contributed by atoms with Crippen LogP contribution in [-0.4, -0.2) is 17.9 Å². The molecule has 0 radical (unpaired) electrons. The first kappa shape index (κ1) is 6.33. The summed E-state index contributed by atoms with van der Waals surface area (Å²) in [6, 6.07) is 0. The summed E-state index contributed by atoms with van der Waals surface area (Å²) in [4.78, 5) is 0. The second-order valence-corrected chi connectivity index (χ2v) is 3.11. The fraction of sp³-hybridized carbons (Fsp3) is 1.00. The smallest absolute Gasteiger partial charge is 0.211 e. The minimum absolute atomic E-state index is 0.118. The Balaban J connectivity index is 2.01. The van der Waals surface area contributed by atoms with Gasteiger partial charge in [-0.05, 0) is 17.4 Å². The lowest BCUT2D eigenvalue weighted by Crippen LogP contribution is -2.20. The molecule has 3 heteroatoms. The summed E-state index contributed by atoms with van der Waals surface area (Å²) in [7, 11) is 0. The van der Waals surface area contributed by atoms with Gasteiger partial charge in [0.2, 0.25) is 6.43 Å². The van der Waals surface area contributed by atoms with E-state index in [1.54, 1.807) is 11.8 Å². The fourth-order valence-corrected chi connectivity index (χ4v) is 1.51. The molecule has 48 valence electrons. The molecule has 8 heavy (non-hydrogen) atoms. The van der Waals surface area contributed by atoms with E-state index in [0.717, 1.165) is 11.5 Å². The van der Waals surface area contributed by atoms with Crippen LogP contribution in [0.5, 0.6) is 0 Å². The Morgan fingerprint density at radius 3 is 2.25 bits per heavy atom. The van der Waals surface area contributed by atoms with E-state index in [1.165, 1.54) is 0 Å². The third kappa shape index (κ3) is 1.62. The molecule has 0 unspecified atom stereocenters. The van der Waals surface area contributed by atoms with Crippen molar-refractivity contribution in [1.29, 1.82) is 0 Å². The lowest BCUT2D eigenvalue weighted by molar-refractivity contribution is 0.121. The quantitative estimate of drug-likeness (QED) is 0.562. The highest BCUT2D eigenvalue weighted by Crippen LogP contribution is 2.29. The number of alkyl halides is 2. The van der Waals surface area contributed by atoms with E-state index in [9.17, 15) is 8.78 Å². The molecule has 1 aliphatic rings. The monoisotopic (exact) mass is 138 g/mol. The zero-order valence-corrected chi connectivity index (χ0v) is 5.26. The molecule has 0 bridgehead atoms. The normalized spacial score (nSPS) is 21.4. The maximum Gasteiger partial charge on any atom is 0.239 e. The van der Waals surface area contributed by atoms with Gasteiger partial charge in [0.1, 0.15) is 0 Å². The van der Waals surface area contributed by atoms with Gasteiger partial charge in [0, 0.05) is 6.42 Å². The van der Waals surface area contributed by atoms with Gasteiger partial charge in [0.25, 0.3) is 0 Å². The van der Waals surface area contributed by atoms with Gasteiger partial charge in [-0.15, -0.1) is 0 Å². The van der Waals surface area contributed by atoms with E-state index in [4.69, 9.17) is 0 Å². The Kier molecular flexibility index (Phi) is 2.11. The summed E-state index contributed by atoms with van der Waals surface area (Å²) in [5, 5.41) is 0. The van der Waals surface area contributed by atoms with Crippen LogP contribution < -0.4 is 0 Å². The van der Waals surface area contributed by atoms with Crippen LogP contribution in [0.4, 0.5) is 8.78 Å². The molecule has 0 aliphatic carbocycles. The van der Waals surface area contributed by atoms with E-state index >= 15 is 0 Å². The van der Waals surface area contributed by atoms with Crippen LogP contribution in [0, 0.1) is 5.92 Å². The molecule has 1 aliphatic heterocycles. The Bertz CT molecular complexity index is 70.8. The predicted octanol–water partition coefficient (Wildman–Crippen LogP) is 2.00. The van der Waals surface area contributed by atoms with Crippen molar-refractivity contribution in [3.05, 3.63) is 0 Å². The Labute approximate surface area is 51.6 Å². The van der Waals surface area contributed by atoms with Crippen LogP contribution in [0.2, 0.25) is 0 Å². The minimum Gasteiger partial charge on any atom is -0.211 e. The van der Waals surface area contributed by atoms with E-state index in [1.807, 2.05) is 0 Å². The van der Waals surface area contributed by atoms with Crippen molar-refractivity contribution >= 4 is 11.8 Å². The predicted molar refractivity (Wildman–Crippen MR) is 31.4 cm³/mol.